The Morgan fingerprint density at radius 2 is 1.81 bits per heavy atom. The number of rotatable bonds is 4. The van der Waals surface area contributed by atoms with Crippen molar-refractivity contribution in [3.63, 3.8) is 0 Å². The van der Waals surface area contributed by atoms with E-state index < -0.39 is 23.8 Å². The minimum atomic E-state index is -4.47. The fraction of sp³-hybridized carbons (Fsp3) is 0.278. The number of nitrogens with zero attached hydrogens (tertiary/aromatic N) is 2. The molecule has 27 heavy (non-hydrogen) atoms. The van der Waals surface area contributed by atoms with Crippen molar-refractivity contribution in [3.05, 3.63) is 53.7 Å². The van der Waals surface area contributed by atoms with E-state index in [1.54, 1.807) is 0 Å². The van der Waals surface area contributed by atoms with Crippen molar-refractivity contribution < 1.29 is 32.2 Å². The maximum Gasteiger partial charge on any atom is 0.416 e. The van der Waals surface area contributed by atoms with Crippen LogP contribution >= 0.6 is 0 Å². The van der Waals surface area contributed by atoms with Crippen LogP contribution in [0.4, 0.5) is 13.2 Å². The molecule has 3 rings (SSSR count). The smallest absolute Gasteiger partial charge is 0.416 e. The number of hydrogen-bond donors (Lipinski definition) is 0. The van der Waals surface area contributed by atoms with Gasteiger partial charge >= 0.3 is 12.1 Å². The third-order valence-electron chi connectivity index (χ3n) is 3.85. The first-order valence-corrected chi connectivity index (χ1v) is 8.00. The highest BCUT2D eigenvalue weighted by molar-refractivity contribution is 5.95. The fourth-order valence-corrected chi connectivity index (χ4v) is 2.51. The third-order valence-corrected chi connectivity index (χ3v) is 3.85. The van der Waals surface area contributed by atoms with Gasteiger partial charge in [0.2, 0.25) is 5.88 Å². The van der Waals surface area contributed by atoms with Gasteiger partial charge in [-0.25, -0.2) is 4.98 Å². The zero-order valence-corrected chi connectivity index (χ0v) is 14.2. The molecule has 1 amide bonds. The Labute approximate surface area is 152 Å². The topological polar surface area (TPSA) is 68.7 Å². The van der Waals surface area contributed by atoms with Gasteiger partial charge in [-0.15, -0.1) is 0 Å². The number of halogens is 3. The highest BCUT2D eigenvalue weighted by atomic mass is 19.4. The monoisotopic (exact) mass is 380 g/mol. The summed E-state index contributed by atoms with van der Waals surface area (Å²) in [5, 5.41) is 0. The van der Waals surface area contributed by atoms with Crippen LogP contribution in [0.1, 0.15) is 22.8 Å². The van der Waals surface area contributed by atoms with E-state index in [4.69, 9.17) is 9.47 Å². The highest BCUT2D eigenvalue weighted by Gasteiger charge is 2.34. The van der Waals surface area contributed by atoms with Gasteiger partial charge in [0, 0.05) is 24.8 Å². The second-order valence-corrected chi connectivity index (χ2v) is 5.95. The molecule has 1 aromatic heterocycles. The zero-order valence-electron chi connectivity index (χ0n) is 14.2. The SMILES string of the molecule is CC(=O)Oc1ccc(C(=O)N2CC(Oc3cc(C(F)(F)F)ccn3)C2)cc1. The summed E-state index contributed by atoms with van der Waals surface area (Å²) in [5.74, 6) is -0.506. The van der Waals surface area contributed by atoms with Gasteiger partial charge in [-0.05, 0) is 30.3 Å². The molecule has 0 aliphatic carbocycles. The Balaban J connectivity index is 1.55. The molecule has 0 atom stereocenters. The number of alkyl halides is 3. The molecule has 2 heterocycles. The number of ether oxygens (including phenoxy) is 2. The summed E-state index contributed by atoms with van der Waals surface area (Å²) in [4.78, 5) is 28.5. The molecular formula is C18H15F3N2O4. The van der Waals surface area contributed by atoms with Gasteiger partial charge in [0.1, 0.15) is 11.9 Å². The summed E-state index contributed by atoms with van der Waals surface area (Å²) >= 11 is 0. The molecule has 142 valence electrons. The highest BCUT2D eigenvalue weighted by Crippen LogP contribution is 2.31. The van der Waals surface area contributed by atoms with Crippen LogP contribution in [0.15, 0.2) is 42.6 Å². The summed E-state index contributed by atoms with van der Waals surface area (Å²) in [6, 6.07) is 7.78. The normalized spacial score (nSPS) is 14.4. The first-order chi connectivity index (χ1) is 12.7. The van der Waals surface area contributed by atoms with Gasteiger partial charge in [0.05, 0.1) is 18.7 Å². The van der Waals surface area contributed by atoms with E-state index in [1.165, 1.54) is 36.1 Å². The molecule has 0 unspecified atom stereocenters. The van der Waals surface area contributed by atoms with Gasteiger partial charge < -0.3 is 14.4 Å². The van der Waals surface area contributed by atoms with Crippen LogP contribution in [0.5, 0.6) is 11.6 Å². The van der Waals surface area contributed by atoms with Crippen molar-refractivity contribution in [2.24, 2.45) is 0 Å². The maximum absolute atomic E-state index is 12.7. The fourth-order valence-electron chi connectivity index (χ4n) is 2.51. The van der Waals surface area contributed by atoms with Crippen LogP contribution in [0.3, 0.4) is 0 Å². The molecule has 6 nitrogen and oxygen atoms in total. The van der Waals surface area contributed by atoms with Crippen molar-refractivity contribution in [1.82, 2.24) is 9.88 Å². The summed E-state index contributed by atoms with van der Waals surface area (Å²) in [6.07, 6.45) is -3.86. The number of amides is 1. The lowest BCUT2D eigenvalue weighted by molar-refractivity contribution is -0.138. The molecular weight excluding hydrogens is 365 g/mol. The zero-order chi connectivity index (χ0) is 19.6. The lowest BCUT2D eigenvalue weighted by Crippen LogP contribution is -2.56. The molecule has 1 aliphatic heterocycles. The van der Waals surface area contributed by atoms with E-state index in [1.807, 2.05) is 0 Å². The van der Waals surface area contributed by atoms with Gasteiger partial charge in [-0.3, -0.25) is 9.59 Å². The van der Waals surface area contributed by atoms with Gasteiger partial charge in [0.25, 0.3) is 5.91 Å². The Bertz CT molecular complexity index is 846. The Hall–Kier alpha value is -3.10. The van der Waals surface area contributed by atoms with Crippen molar-refractivity contribution in [1.29, 1.82) is 0 Å². The standard InChI is InChI=1S/C18H15F3N2O4/c1-11(24)26-14-4-2-12(3-5-14)17(25)23-9-15(10-23)27-16-8-13(6-7-22-16)18(19,20)21/h2-8,15H,9-10H2,1H3. The molecule has 1 aliphatic rings. The minimum Gasteiger partial charge on any atom is -0.471 e. The second-order valence-electron chi connectivity index (χ2n) is 5.95. The van der Waals surface area contributed by atoms with Gasteiger partial charge in [-0.2, -0.15) is 13.2 Å². The van der Waals surface area contributed by atoms with Crippen molar-refractivity contribution in [3.8, 4) is 11.6 Å². The third kappa shape index (κ3) is 4.55. The van der Waals surface area contributed by atoms with Crippen LogP contribution in [0, 0.1) is 0 Å². The Morgan fingerprint density at radius 1 is 1.15 bits per heavy atom. The maximum atomic E-state index is 12.7. The molecule has 0 radical (unpaired) electrons. The van der Waals surface area contributed by atoms with E-state index in [-0.39, 0.29) is 24.9 Å². The van der Waals surface area contributed by atoms with Crippen molar-refractivity contribution >= 4 is 11.9 Å². The Kier molecular flexibility index (Phi) is 5.02. The van der Waals surface area contributed by atoms with E-state index in [9.17, 15) is 22.8 Å². The average Bonchev–Trinajstić information content (AvgIpc) is 2.57. The molecule has 2 aromatic rings. The van der Waals surface area contributed by atoms with Crippen molar-refractivity contribution in [2.75, 3.05) is 13.1 Å². The molecule has 0 bridgehead atoms. The van der Waals surface area contributed by atoms with E-state index in [2.05, 4.69) is 4.98 Å². The van der Waals surface area contributed by atoms with Crippen LogP contribution in [0.25, 0.3) is 0 Å². The number of carbonyl (C=O) groups excluding carboxylic acids is 2. The quantitative estimate of drug-likeness (QED) is 0.603. The molecule has 0 spiro atoms. The lowest BCUT2D eigenvalue weighted by Gasteiger charge is -2.38. The number of pyridine rings is 1. The summed E-state index contributed by atoms with van der Waals surface area (Å²) in [5.41, 5.74) is -0.436. The first-order valence-electron chi connectivity index (χ1n) is 8.00. The second kappa shape index (κ2) is 7.26. The van der Waals surface area contributed by atoms with Gasteiger partial charge in [0.15, 0.2) is 0 Å². The first kappa shape index (κ1) is 18.7. The number of carbonyl (C=O) groups is 2. The molecule has 9 heteroatoms. The van der Waals surface area contributed by atoms with Crippen LogP contribution in [-0.4, -0.2) is 41.0 Å². The van der Waals surface area contributed by atoms with E-state index in [0.29, 0.717) is 11.3 Å². The van der Waals surface area contributed by atoms with Crippen LogP contribution < -0.4 is 9.47 Å². The molecule has 1 fully saturated rings. The summed E-state index contributed by atoms with van der Waals surface area (Å²) < 4.78 is 48.4. The molecule has 1 aromatic carbocycles. The number of hydrogen-bond acceptors (Lipinski definition) is 5. The number of aromatic nitrogens is 1. The van der Waals surface area contributed by atoms with E-state index >= 15 is 0 Å². The molecule has 0 saturated carbocycles. The number of esters is 1. The number of likely N-dealkylation sites (tertiary alicyclic amines) is 1. The minimum absolute atomic E-state index is 0.132. The largest absolute Gasteiger partial charge is 0.471 e. The van der Waals surface area contributed by atoms with Gasteiger partial charge in [-0.1, -0.05) is 0 Å². The van der Waals surface area contributed by atoms with Crippen LogP contribution in [0.2, 0.25) is 0 Å². The average molecular weight is 380 g/mol. The predicted molar refractivity (Wildman–Crippen MR) is 87.3 cm³/mol. The number of benzene rings is 1. The van der Waals surface area contributed by atoms with E-state index in [0.717, 1.165) is 18.3 Å². The lowest BCUT2D eigenvalue weighted by atomic mass is 10.1. The van der Waals surface area contributed by atoms with Crippen LogP contribution in [-0.2, 0) is 11.0 Å². The van der Waals surface area contributed by atoms with Crippen molar-refractivity contribution in [2.45, 2.75) is 19.2 Å². The molecule has 0 N–H and O–H groups in total. The summed E-state index contributed by atoms with van der Waals surface area (Å²) in [7, 11) is 0. The molecule has 1 saturated heterocycles. The Morgan fingerprint density at radius 3 is 2.41 bits per heavy atom. The summed E-state index contributed by atoms with van der Waals surface area (Å²) in [6.45, 7) is 1.75. The predicted octanol–water partition coefficient (Wildman–Crippen LogP) is 2.93.